The summed E-state index contributed by atoms with van der Waals surface area (Å²) in [7, 11) is 1.46. The fourth-order valence-electron chi connectivity index (χ4n) is 3.75. The minimum Gasteiger partial charge on any atom is -0.442 e. The van der Waals surface area contributed by atoms with Gasteiger partial charge < -0.3 is 25.0 Å². The number of hydrogen-bond donors (Lipinski definition) is 2. The van der Waals surface area contributed by atoms with Crippen LogP contribution in [0.2, 0.25) is 0 Å². The number of methoxy groups -OCH3 is 1. The molecule has 2 aliphatic heterocycles. The topological polar surface area (TPSA) is 100 Å². The van der Waals surface area contributed by atoms with Crippen molar-refractivity contribution in [1.29, 1.82) is 0 Å². The van der Waals surface area contributed by atoms with E-state index in [1.54, 1.807) is 12.1 Å². The molecule has 0 unspecified atom stereocenters. The van der Waals surface area contributed by atoms with Crippen LogP contribution < -0.4 is 20.4 Å². The molecule has 0 bridgehead atoms. The van der Waals surface area contributed by atoms with Crippen LogP contribution in [0.5, 0.6) is 0 Å². The first-order valence-electron chi connectivity index (χ1n) is 9.84. The number of cyclic esters (lactones) is 1. The van der Waals surface area contributed by atoms with Gasteiger partial charge in [-0.05, 0) is 24.1 Å². The Labute approximate surface area is 174 Å². The van der Waals surface area contributed by atoms with Crippen LogP contribution in [0, 0.1) is 11.7 Å². The summed E-state index contributed by atoms with van der Waals surface area (Å²) in [6.45, 7) is 4.89. The van der Waals surface area contributed by atoms with Crippen LogP contribution in [0.1, 0.15) is 13.8 Å². The van der Waals surface area contributed by atoms with Gasteiger partial charge in [0.2, 0.25) is 11.8 Å². The van der Waals surface area contributed by atoms with Gasteiger partial charge in [-0.1, -0.05) is 6.92 Å². The number of carbonyl (C=O) groups is 3. The molecule has 1 aromatic rings. The van der Waals surface area contributed by atoms with Gasteiger partial charge in [0.1, 0.15) is 18.5 Å². The van der Waals surface area contributed by atoms with Gasteiger partial charge >= 0.3 is 6.09 Å². The van der Waals surface area contributed by atoms with Gasteiger partial charge in [-0.2, -0.15) is 0 Å². The summed E-state index contributed by atoms with van der Waals surface area (Å²) in [4.78, 5) is 38.2. The first-order chi connectivity index (χ1) is 14.3. The van der Waals surface area contributed by atoms with E-state index < -0.39 is 18.0 Å². The molecule has 164 valence electrons. The number of benzene rings is 1. The molecule has 0 aliphatic carbocycles. The molecule has 3 amide bonds. The van der Waals surface area contributed by atoms with E-state index in [0.717, 1.165) is 0 Å². The van der Waals surface area contributed by atoms with E-state index in [0.29, 0.717) is 24.5 Å². The molecule has 0 spiro atoms. The molecule has 0 radical (unpaired) electrons. The van der Waals surface area contributed by atoms with Crippen LogP contribution >= 0.6 is 0 Å². The number of ether oxygens (including phenoxy) is 2. The van der Waals surface area contributed by atoms with E-state index in [9.17, 15) is 18.8 Å². The fraction of sp³-hybridized carbons (Fsp3) is 0.550. The third-order valence-electron chi connectivity index (χ3n) is 5.27. The molecular weight excluding hydrogens is 395 g/mol. The highest BCUT2D eigenvalue weighted by atomic mass is 19.1. The van der Waals surface area contributed by atoms with Crippen molar-refractivity contribution in [3.63, 3.8) is 0 Å². The predicted octanol–water partition coefficient (Wildman–Crippen LogP) is 0.874. The van der Waals surface area contributed by atoms with Gasteiger partial charge in [-0.3, -0.25) is 14.5 Å². The molecule has 2 N–H and O–H groups in total. The van der Waals surface area contributed by atoms with Crippen molar-refractivity contribution < 1.29 is 28.2 Å². The Morgan fingerprint density at radius 3 is 2.73 bits per heavy atom. The maximum atomic E-state index is 14.9. The van der Waals surface area contributed by atoms with Crippen LogP contribution in [0.25, 0.3) is 0 Å². The maximum absolute atomic E-state index is 14.9. The van der Waals surface area contributed by atoms with Crippen molar-refractivity contribution in [1.82, 2.24) is 10.6 Å². The van der Waals surface area contributed by atoms with E-state index >= 15 is 0 Å². The third kappa shape index (κ3) is 4.99. The monoisotopic (exact) mass is 422 g/mol. The largest absolute Gasteiger partial charge is 0.442 e. The zero-order valence-corrected chi connectivity index (χ0v) is 17.3. The van der Waals surface area contributed by atoms with Crippen molar-refractivity contribution in [2.45, 2.75) is 26.0 Å². The second kappa shape index (κ2) is 9.29. The van der Waals surface area contributed by atoms with E-state index in [1.165, 1.54) is 25.0 Å². The lowest BCUT2D eigenvalue weighted by molar-refractivity contribution is -0.125. The Morgan fingerprint density at radius 1 is 1.30 bits per heavy atom. The lowest BCUT2D eigenvalue weighted by Gasteiger charge is -2.21. The summed E-state index contributed by atoms with van der Waals surface area (Å²) < 4.78 is 24.9. The molecular formula is C20H27FN4O5. The Balaban J connectivity index is 1.65. The standard InChI is InChI=1S/C20H27FN4O5/c1-12-8-24(10-17(12)23-19(27)11-29-3)18-5-4-14(6-16(18)21)25-9-15(30-20(25)28)7-22-13(2)26/h4-6,12,15,17H,7-11H2,1-3H3,(H,22,26)(H,23,27)/t12-,15-,17-/m0/s1. The van der Waals surface area contributed by atoms with Gasteiger partial charge in [-0.15, -0.1) is 0 Å². The fourth-order valence-corrected chi connectivity index (χ4v) is 3.75. The summed E-state index contributed by atoms with van der Waals surface area (Å²) in [5.41, 5.74) is 0.806. The molecule has 9 nitrogen and oxygen atoms in total. The van der Waals surface area contributed by atoms with E-state index in [1.807, 2.05) is 11.8 Å². The summed E-state index contributed by atoms with van der Waals surface area (Å²) in [6, 6.07) is 4.50. The van der Waals surface area contributed by atoms with Crippen LogP contribution in [0.3, 0.4) is 0 Å². The number of nitrogens with one attached hydrogen (secondary N) is 2. The smallest absolute Gasteiger partial charge is 0.414 e. The van der Waals surface area contributed by atoms with Crippen molar-refractivity contribution in [2.75, 3.05) is 49.7 Å². The van der Waals surface area contributed by atoms with Crippen LogP contribution in [0.15, 0.2) is 18.2 Å². The molecule has 2 saturated heterocycles. The molecule has 30 heavy (non-hydrogen) atoms. The van der Waals surface area contributed by atoms with Crippen LogP contribution in [-0.2, 0) is 19.1 Å². The molecule has 3 rings (SSSR count). The van der Waals surface area contributed by atoms with Crippen molar-refractivity contribution in [3.8, 4) is 0 Å². The SMILES string of the molecule is COCC(=O)N[C@H]1CN(c2ccc(N3C[C@H](CNC(C)=O)OC3=O)cc2F)C[C@@H]1C. The number of amides is 3. The van der Waals surface area contributed by atoms with Gasteiger partial charge in [0.25, 0.3) is 0 Å². The van der Waals surface area contributed by atoms with E-state index in [-0.39, 0.29) is 43.5 Å². The highest BCUT2D eigenvalue weighted by Gasteiger charge is 2.34. The first kappa shape index (κ1) is 21.8. The summed E-state index contributed by atoms with van der Waals surface area (Å²) in [6.07, 6.45) is -1.06. The Bertz CT molecular complexity index is 820. The summed E-state index contributed by atoms with van der Waals surface area (Å²) >= 11 is 0. The second-order valence-electron chi connectivity index (χ2n) is 7.68. The van der Waals surface area contributed by atoms with E-state index in [2.05, 4.69) is 10.6 Å². The molecule has 0 saturated carbocycles. The zero-order chi connectivity index (χ0) is 21.8. The number of halogens is 1. The molecule has 2 fully saturated rings. The molecule has 3 atom stereocenters. The van der Waals surface area contributed by atoms with Gasteiger partial charge in [-0.25, -0.2) is 9.18 Å². The van der Waals surface area contributed by atoms with Crippen molar-refractivity contribution in [2.24, 2.45) is 5.92 Å². The third-order valence-corrected chi connectivity index (χ3v) is 5.27. The number of carbonyl (C=O) groups excluding carboxylic acids is 3. The number of anilines is 2. The Hall–Kier alpha value is -2.88. The molecule has 2 aliphatic rings. The highest BCUT2D eigenvalue weighted by molar-refractivity contribution is 5.90. The maximum Gasteiger partial charge on any atom is 0.414 e. The zero-order valence-electron chi connectivity index (χ0n) is 17.3. The van der Waals surface area contributed by atoms with Crippen molar-refractivity contribution >= 4 is 29.3 Å². The average Bonchev–Trinajstić information content (AvgIpc) is 3.22. The van der Waals surface area contributed by atoms with Gasteiger partial charge in [0, 0.05) is 27.1 Å². The Morgan fingerprint density at radius 2 is 2.07 bits per heavy atom. The van der Waals surface area contributed by atoms with Gasteiger partial charge in [0.05, 0.1) is 30.5 Å². The van der Waals surface area contributed by atoms with E-state index in [4.69, 9.17) is 9.47 Å². The van der Waals surface area contributed by atoms with Crippen molar-refractivity contribution in [3.05, 3.63) is 24.0 Å². The predicted molar refractivity (Wildman–Crippen MR) is 108 cm³/mol. The Kier molecular flexibility index (Phi) is 6.76. The summed E-state index contributed by atoms with van der Waals surface area (Å²) in [5, 5.41) is 5.51. The van der Waals surface area contributed by atoms with Crippen LogP contribution in [0.4, 0.5) is 20.6 Å². The number of rotatable bonds is 7. The average molecular weight is 422 g/mol. The minimum absolute atomic E-state index is 0.0128. The number of hydrogen-bond acceptors (Lipinski definition) is 6. The molecule has 1 aromatic carbocycles. The van der Waals surface area contributed by atoms with Crippen LogP contribution in [-0.4, -0.2) is 69.9 Å². The second-order valence-corrected chi connectivity index (χ2v) is 7.68. The normalized spacial score (nSPS) is 23.5. The quantitative estimate of drug-likeness (QED) is 0.677. The lowest BCUT2D eigenvalue weighted by atomic mass is 10.1. The summed E-state index contributed by atoms with van der Waals surface area (Å²) in [5.74, 6) is -0.723. The highest BCUT2D eigenvalue weighted by Crippen LogP contribution is 2.31. The molecule has 0 aromatic heterocycles. The molecule has 10 heteroatoms. The minimum atomic E-state index is -0.576. The van der Waals surface area contributed by atoms with Gasteiger partial charge in [0.15, 0.2) is 0 Å². The first-order valence-corrected chi connectivity index (χ1v) is 9.84. The molecule has 2 heterocycles. The lowest BCUT2D eigenvalue weighted by Crippen LogP contribution is -2.41. The number of nitrogens with zero attached hydrogens (tertiary/aromatic N) is 2.